The number of phenols is 1. The fraction of sp³-hybridized carbons (Fsp3) is 0.591. The van der Waals surface area contributed by atoms with Crippen LogP contribution in [0.5, 0.6) is 5.75 Å². The van der Waals surface area contributed by atoms with E-state index in [4.69, 9.17) is 4.74 Å². The molecular weight excluding hydrogens is 418 g/mol. The maximum atomic E-state index is 13.2. The number of thiol groups is 1. The summed E-state index contributed by atoms with van der Waals surface area (Å²) in [6, 6.07) is 2.84. The number of alkyl carbamates (subject to hydrolysis) is 1. The number of unbranched alkanes of at least 4 members (excludes halogenated alkanes) is 1. The molecule has 0 heterocycles. The van der Waals surface area contributed by atoms with Gasteiger partial charge in [-0.3, -0.25) is 9.59 Å². The zero-order valence-corrected chi connectivity index (χ0v) is 20.1. The largest absolute Gasteiger partial charge is 0.508 e. The molecule has 2 atom stereocenters. The lowest BCUT2D eigenvalue weighted by Gasteiger charge is -2.31. The normalized spacial score (nSPS) is 13.1. The Labute approximate surface area is 190 Å². The summed E-state index contributed by atoms with van der Waals surface area (Å²) < 4.78 is 5.23. The Morgan fingerprint density at radius 3 is 2.42 bits per heavy atom. The average Bonchev–Trinajstić information content (AvgIpc) is 2.67. The molecule has 0 aliphatic carbocycles. The second-order valence-electron chi connectivity index (χ2n) is 8.42. The molecule has 0 fully saturated rings. The van der Waals surface area contributed by atoms with E-state index in [1.807, 2.05) is 6.92 Å². The summed E-state index contributed by atoms with van der Waals surface area (Å²) in [5.74, 6) is -0.698. The average molecular weight is 454 g/mol. The fourth-order valence-electron chi connectivity index (χ4n) is 2.89. The lowest BCUT2D eigenvalue weighted by Crippen LogP contribution is -2.52. The predicted octanol–water partition coefficient (Wildman–Crippen LogP) is 2.94. The number of nitrogens with one attached hydrogen (secondary N) is 2. The molecule has 0 radical (unpaired) electrons. The van der Waals surface area contributed by atoms with E-state index in [-0.39, 0.29) is 17.4 Å². The smallest absolute Gasteiger partial charge is 0.408 e. The summed E-state index contributed by atoms with van der Waals surface area (Å²) in [6.07, 6.45) is 0.988. The van der Waals surface area contributed by atoms with Crippen molar-refractivity contribution in [1.29, 1.82) is 0 Å². The van der Waals surface area contributed by atoms with E-state index in [0.717, 1.165) is 12.8 Å². The second kappa shape index (κ2) is 11.8. The van der Waals surface area contributed by atoms with E-state index in [9.17, 15) is 19.5 Å². The van der Waals surface area contributed by atoms with Crippen LogP contribution in [0.15, 0.2) is 18.2 Å². The Balaban J connectivity index is 3.14. The number of ether oxygens (including phenoxy) is 1. The number of likely N-dealkylation sites (N-methyl/N-ethyl adjacent to an activating group) is 1. The summed E-state index contributed by atoms with van der Waals surface area (Å²) in [5.41, 5.74) is 0.420. The Morgan fingerprint density at radius 2 is 1.90 bits per heavy atom. The summed E-state index contributed by atoms with van der Waals surface area (Å²) in [5, 5.41) is 15.2. The number of aryl methyl sites for hydroxylation is 1. The molecule has 0 aromatic heterocycles. The maximum Gasteiger partial charge on any atom is 0.408 e. The van der Waals surface area contributed by atoms with Gasteiger partial charge in [-0.15, -0.1) is 0 Å². The van der Waals surface area contributed by atoms with E-state index in [1.54, 1.807) is 39.8 Å². The quantitative estimate of drug-likeness (QED) is 0.340. The molecule has 0 aliphatic rings. The highest BCUT2D eigenvalue weighted by molar-refractivity contribution is 7.80. The van der Waals surface area contributed by atoms with Crippen LogP contribution >= 0.6 is 12.6 Å². The fourth-order valence-corrected chi connectivity index (χ4v) is 3.14. The number of carbonyl (C=O) groups is 3. The van der Waals surface area contributed by atoms with Crippen molar-refractivity contribution in [3.05, 3.63) is 29.3 Å². The molecule has 31 heavy (non-hydrogen) atoms. The van der Waals surface area contributed by atoms with Gasteiger partial charge < -0.3 is 25.4 Å². The number of aromatic hydroxyl groups is 1. The molecule has 2 unspecified atom stereocenters. The number of nitrogens with zero attached hydrogens (tertiary/aromatic N) is 1. The van der Waals surface area contributed by atoms with E-state index >= 15 is 0 Å². The first kappa shape index (κ1) is 26.6. The van der Waals surface area contributed by atoms with Crippen LogP contribution < -0.4 is 10.6 Å². The van der Waals surface area contributed by atoms with Crippen molar-refractivity contribution in [2.75, 3.05) is 19.3 Å². The minimum absolute atomic E-state index is 0.0290. The molecule has 0 bridgehead atoms. The number of rotatable bonds is 9. The molecular formula is C22H35N3O5S. The van der Waals surface area contributed by atoms with Crippen molar-refractivity contribution in [2.45, 2.75) is 65.1 Å². The first-order valence-electron chi connectivity index (χ1n) is 10.4. The van der Waals surface area contributed by atoms with E-state index in [0.29, 0.717) is 17.7 Å². The van der Waals surface area contributed by atoms with Gasteiger partial charge in [0.2, 0.25) is 11.8 Å². The van der Waals surface area contributed by atoms with Crippen LogP contribution in [0.2, 0.25) is 0 Å². The highest BCUT2D eigenvalue weighted by atomic mass is 32.1. The first-order valence-corrected chi connectivity index (χ1v) is 11.0. The van der Waals surface area contributed by atoms with Gasteiger partial charge in [-0.2, -0.15) is 12.6 Å². The van der Waals surface area contributed by atoms with E-state index < -0.39 is 29.7 Å². The number of hydrogen-bond acceptors (Lipinski definition) is 6. The lowest BCUT2D eigenvalue weighted by atomic mass is 10.0. The van der Waals surface area contributed by atoms with Crippen molar-refractivity contribution >= 4 is 30.5 Å². The molecule has 1 aromatic carbocycles. The lowest BCUT2D eigenvalue weighted by molar-refractivity contribution is -0.140. The minimum Gasteiger partial charge on any atom is -0.508 e. The Morgan fingerprint density at radius 1 is 1.26 bits per heavy atom. The van der Waals surface area contributed by atoms with Crippen molar-refractivity contribution in [2.24, 2.45) is 0 Å². The molecule has 1 aromatic rings. The van der Waals surface area contributed by atoms with E-state index in [2.05, 4.69) is 23.3 Å². The third kappa shape index (κ3) is 8.32. The van der Waals surface area contributed by atoms with Gasteiger partial charge in [0.1, 0.15) is 23.4 Å². The van der Waals surface area contributed by atoms with Crippen LogP contribution in [0.1, 0.15) is 57.7 Å². The number of carbonyl (C=O) groups excluding carboxylic acids is 3. The predicted molar refractivity (Wildman–Crippen MR) is 123 cm³/mol. The summed E-state index contributed by atoms with van der Waals surface area (Å²) in [6.45, 7) is 9.38. The van der Waals surface area contributed by atoms with Crippen LogP contribution in [0, 0.1) is 6.92 Å². The summed E-state index contributed by atoms with van der Waals surface area (Å²) >= 11 is 4.19. The highest BCUT2D eigenvalue weighted by Gasteiger charge is 2.33. The molecule has 174 valence electrons. The first-order chi connectivity index (χ1) is 14.4. The van der Waals surface area contributed by atoms with Crippen LogP contribution in [0.3, 0.4) is 0 Å². The van der Waals surface area contributed by atoms with Gasteiger partial charge in [-0.25, -0.2) is 4.79 Å². The SMILES string of the molecule is CCCCNC(=O)C(c1ccc(O)c(C)c1)N(C)C(=O)C(CS)NC(=O)OC(C)(C)C. The van der Waals surface area contributed by atoms with Crippen LogP contribution in [-0.2, 0) is 14.3 Å². The molecule has 3 amide bonds. The molecule has 8 nitrogen and oxygen atoms in total. The van der Waals surface area contributed by atoms with Gasteiger partial charge in [0.05, 0.1) is 0 Å². The zero-order chi connectivity index (χ0) is 23.8. The molecule has 1 rings (SSSR count). The summed E-state index contributed by atoms with van der Waals surface area (Å²) in [4.78, 5) is 39.6. The van der Waals surface area contributed by atoms with Gasteiger partial charge in [0.15, 0.2) is 0 Å². The monoisotopic (exact) mass is 453 g/mol. The minimum atomic E-state index is -0.979. The number of hydrogen-bond donors (Lipinski definition) is 4. The summed E-state index contributed by atoms with van der Waals surface area (Å²) in [7, 11) is 1.50. The van der Waals surface area contributed by atoms with Crippen molar-refractivity contribution < 1.29 is 24.2 Å². The van der Waals surface area contributed by atoms with Crippen LogP contribution in [0.25, 0.3) is 0 Å². The van der Waals surface area contributed by atoms with Crippen molar-refractivity contribution in [3.63, 3.8) is 0 Å². The third-order valence-corrected chi connectivity index (χ3v) is 4.89. The standard InChI is InChI=1S/C22H35N3O5S/c1-7-8-11-23-19(27)18(15-9-10-17(26)14(2)12-15)25(6)20(28)16(13-31)24-21(29)30-22(3,4)5/h9-10,12,16,18,26,31H,7-8,11,13H2,1-6H3,(H,23,27)(H,24,29). The molecule has 0 saturated carbocycles. The van der Waals surface area contributed by atoms with Gasteiger partial charge in [-0.1, -0.05) is 19.4 Å². The van der Waals surface area contributed by atoms with Gasteiger partial charge in [0, 0.05) is 19.3 Å². The highest BCUT2D eigenvalue weighted by Crippen LogP contribution is 2.26. The van der Waals surface area contributed by atoms with E-state index in [1.165, 1.54) is 18.0 Å². The van der Waals surface area contributed by atoms with Gasteiger partial charge >= 0.3 is 6.09 Å². The maximum absolute atomic E-state index is 13.2. The van der Waals surface area contributed by atoms with Gasteiger partial charge in [0.25, 0.3) is 0 Å². The second-order valence-corrected chi connectivity index (χ2v) is 8.79. The van der Waals surface area contributed by atoms with Crippen LogP contribution in [0.4, 0.5) is 4.79 Å². The van der Waals surface area contributed by atoms with Gasteiger partial charge in [-0.05, 0) is 57.4 Å². The molecule has 0 saturated heterocycles. The Hall–Kier alpha value is -2.42. The van der Waals surface area contributed by atoms with Crippen LogP contribution in [-0.4, -0.2) is 58.9 Å². The molecule has 0 spiro atoms. The molecule has 9 heteroatoms. The number of amides is 3. The zero-order valence-electron chi connectivity index (χ0n) is 19.2. The van der Waals surface area contributed by atoms with Crippen molar-refractivity contribution in [3.8, 4) is 5.75 Å². The Bertz CT molecular complexity index is 779. The third-order valence-electron chi connectivity index (χ3n) is 4.52. The molecule has 3 N–H and O–H groups in total. The number of benzene rings is 1. The Kier molecular flexibility index (Phi) is 10.2. The molecule has 0 aliphatic heterocycles. The van der Waals surface area contributed by atoms with Crippen molar-refractivity contribution in [1.82, 2.24) is 15.5 Å². The number of phenolic OH excluding ortho intramolecular Hbond substituents is 1. The topological polar surface area (TPSA) is 108 Å².